The van der Waals surface area contributed by atoms with E-state index in [0.29, 0.717) is 25.7 Å². The van der Waals surface area contributed by atoms with Crippen LogP contribution in [0.1, 0.15) is 171 Å². The first-order valence-corrected chi connectivity index (χ1v) is 24.1. The highest BCUT2D eigenvalue weighted by Crippen LogP contribution is 2.43. The molecule has 0 amide bonds. The molecule has 1 heterocycles. The summed E-state index contributed by atoms with van der Waals surface area (Å²) in [7, 11) is -4.45. The number of aliphatic hydroxyl groups is 2. The van der Waals surface area contributed by atoms with Crippen molar-refractivity contribution < 1.29 is 57.0 Å². The molecule has 0 radical (unpaired) electrons. The molecule has 0 spiro atoms. The van der Waals surface area contributed by atoms with Crippen LogP contribution in [0.2, 0.25) is 0 Å². The fourth-order valence-corrected chi connectivity index (χ4v) is 8.34. The fourth-order valence-electron chi connectivity index (χ4n) is 7.58. The maximum atomic E-state index is 12.7. The predicted molar refractivity (Wildman–Crippen MR) is 229 cm³/mol. The molecule has 1 aliphatic carbocycles. The summed E-state index contributed by atoms with van der Waals surface area (Å²) >= 11 is 0. The zero-order valence-corrected chi connectivity index (χ0v) is 37.6. The number of rotatable bonds is 35. The van der Waals surface area contributed by atoms with Gasteiger partial charge in [0, 0.05) is 50.5 Å². The second-order valence-corrected chi connectivity index (χ2v) is 17.7. The third kappa shape index (κ3) is 22.3. The lowest BCUT2D eigenvalue weighted by molar-refractivity contribution is -0.161. The molecule has 340 valence electrons. The Morgan fingerprint density at radius 2 is 1.44 bits per heavy atom. The van der Waals surface area contributed by atoms with Crippen molar-refractivity contribution in [1.82, 2.24) is 0 Å². The number of esters is 2. The van der Waals surface area contributed by atoms with Gasteiger partial charge in [0.15, 0.2) is 6.10 Å². The maximum Gasteiger partial charge on any atom is 0.472 e. The molecule has 1 aromatic heterocycles. The van der Waals surface area contributed by atoms with Gasteiger partial charge in [0.1, 0.15) is 23.9 Å². The lowest BCUT2D eigenvalue weighted by atomic mass is 9.88. The van der Waals surface area contributed by atoms with Gasteiger partial charge in [-0.1, -0.05) is 103 Å². The van der Waals surface area contributed by atoms with Crippen molar-refractivity contribution in [2.75, 3.05) is 26.4 Å². The first-order valence-electron chi connectivity index (χ1n) is 22.6. The number of carbonyl (C=O) groups excluding carboxylic acids is 3. The van der Waals surface area contributed by atoms with E-state index < -0.39 is 44.7 Å². The normalized spacial score (nSPS) is 19.0. The number of furan rings is 1. The van der Waals surface area contributed by atoms with Crippen LogP contribution in [0.5, 0.6) is 0 Å². The van der Waals surface area contributed by atoms with Crippen LogP contribution in [0.15, 0.2) is 16.6 Å². The summed E-state index contributed by atoms with van der Waals surface area (Å²) in [5.41, 5.74) is 7.94. The number of ether oxygens (including phenoxy) is 2. The summed E-state index contributed by atoms with van der Waals surface area (Å²) in [5.74, 6) is 0.718. The molecule has 0 aliphatic heterocycles. The van der Waals surface area contributed by atoms with Crippen molar-refractivity contribution >= 4 is 25.5 Å². The van der Waals surface area contributed by atoms with Gasteiger partial charge in [-0.25, -0.2) is 4.57 Å². The van der Waals surface area contributed by atoms with Crippen LogP contribution in [0.25, 0.3) is 0 Å². The van der Waals surface area contributed by atoms with Crippen molar-refractivity contribution in [3.63, 3.8) is 0 Å². The SMILES string of the molecule is CCCCC[C@H](O)/C=C/[C@H]1[C@H](O)CC(=O)[C@@H]1CCCCCCC(=O)OC[C@H](COP(=O)(O)OCCN)OC(=O)CCCCCCCCCCc1oc(CCC)c(C)c1C. The van der Waals surface area contributed by atoms with Gasteiger partial charge in [0.2, 0.25) is 0 Å². The molecule has 1 fully saturated rings. The summed E-state index contributed by atoms with van der Waals surface area (Å²) < 4.78 is 39.0. The second-order valence-electron chi connectivity index (χ2n) is 16.3. The van der Waals surface area contributed by atoms with Crippen LogP contribution in [-0.4, -0.2) is 77.5 Å². The number of nitrogens with two attached hydrogens (primary N) is 1. The van der Waals surface area contributed by atoms with Gasteiger partial charge in [-0.05, 0) is 63.5 Å². The zero-order valence-electron chi connectivity index (χ0n) is 36.7. The molecular weight excluding hydrogens is 777 g/mol. The van der Waals surface area contributed by atoms with E-state index in [1.165, 1.54) is 11.1 Å². The van der Waals surface area contributed by atoms with E-state index in [4.69, 9.17) is 28.7 Å². The quantitative estimate of drug-likeness (QED) is 0.0218. The van der Waals surface area contributed by atoms with Gasteiger partial charge in [0.05, 0.1) is 25.4 Å². The van der Waals surface area contributed by atoms with E-state index in [0.717, 1.165) is 114 Å². The van der Waals surface area contributed by atoms with Crippen LogP contribution in [-0.2, 0) is 50.3 Å². The van der Waals surface area contributed by atoms with Gasteiger partial charge in [-0.2, -0.15) is 0 Å². The molecule has 13 nitrogen and oxygen atoms in total. The van der Waals surface area contributed by atoms with Gasteiger partial charge < -0.3 is 34.7 Å². The van der Waals surface area contributed by atoms with E-state index in [-0.39, 0.29) is 56.6 Å². The van der Waals surface area contributed by atoms with E-state index >= 15 is 0 Å². The number of phosphoric ester groups is 1. The number of hydrogen-bond acceptors (Lipinski definition) is 12. The molecule has 14 heteroatoms. The Morgan fingerprint density at radius 1 is 0.831 bits per heavy atom. The maximum absolute atomic E-state index is 12.7. The van der Waals surface area contributed by atoms with Gasteiger partial charge in [-0.3, -0.25) is 23.4 Å². The van der Waals surface area contributed by atoms with Crippen LogP contribution in [0.3, 0.4) is 0 Å². The summed E-state index contributed by atoms with van der Waals surface area (Å²) in [6.07, 6.45) is 19.9. The predicted octanol–water partition coefficient (Wildman–Crippen LogP) is 8.85. The second kappa shape index (κ2) is 30.6. The van der Waals surface area contributed by atoms with Crippen molar-refractivity contribution in [3.8, 4) is 0 Å². The Morgan fingerprint density at radius 3 is 2.08 bits per heavy atom. The largest absolute Gasteiger partial charge is 0.472 e. The molecule has 59 heavy (non-hydrogen) atoms. The van der Waals surface area contributed by atoms with Crippen molar-refractivity contribution in [3.05, 3.63) is 34.8 Å². The standard InChI is InChI=1S/C45H78NO12P/c1-5-7-16-22-36(47)27-28-39-38(40(48)31-41(39)49)23-17-14-15-19-25-44(50)54-32-37(33-56-59(52,53)55-30-29-46)57-45(51)26-20-13-11-9-8-10-12-18-24-43-35(4)34(3)42(58-43)21-6-2/h27-28,36-39,41,47,49H,5-26,29-33,46H2,1-4H3,(H,52,53)/b28-27+/t36-,37+,38+,39+,41+/m0/s1. The smallest absolute Gasteiger partial charge is 0.466 e. The van der Waals surface area contributed by atoms with Crippen LogP contribution in [0.4, 0.5) is 0 Å². The third-order valence-corrected chi connectivity index (χ3v) is 12.2. The third-order valence-electron chi connectivity index (χ3n) is 11.2. The molecule has 0 saturated heterocycles. The van der Waals surface area contributed by atoms with Gasteiger partial charge >= 0.3 is 19.8 Å². The molecule has 0 bridgehead atoms. The summed E-state index contributed by atoms with van der Waals surface area (Å²) in [5, 5.41) is 20.7. The molecule has 1 unspecified atom stereocenters. The highest BCUT2D eigenvalue weighted by atomic mass is 31.2. The van der Waals surface area contributed by atoms with Gasteiger partial charge in [-0.15, -0.1) is 0 Å². The molecule has 1 aromatic rings. The van der Waals surface area contributed by atoms with Gasteiger partial charge in [0.25, 0.3) is 0 Å². The number of unbranched alkanes of at least 4 members (excludes halogenated alkanes) is 12. The lowest BCUT2D eigenvalue weighted by Crippen LogP contribution is -2.29. The average Bonchev–Trinajstić information content (AvgIpc) is 3.63. The Labute approximate surface area is 354 Å². The molecule has 2 rings (SSSR count). The van der Waals surface area contributed by atoms with Crippen molar-refractivity contribution in [1.29, 1.82) is 0 Å². The zero-order chi connectivity index (χ0) is 43.5. The first-order chi connectivity index (χ1) is 28.3. The summed E-state index contributed by atoms with van der Waals surface area (Å²) in [6.45, 7) is 7.56. The van der Waals surface area contributed by atoms with Crippen molar-refractivity contribution in [2.24, 2.45) is 17.6 Å². The number of carbonyl (C=O) groups is 3. The Balaban J connectivity index is 1.67. The van der Waals surface area contributed by atoms with E-state index in [2.05, 4.69) is 27.7 Å². The molecular formula is C45H78NO12P. The molecule has 1 saturated carbocycles. The molecule has 5 N–H and O–H groups in total. The fraction of sp³-hybridized carbons (Fsp3) is 0.800. The van der Waals surface area contributed by atoms with Crippen molar-refractivity contribution in [2.45, 2.75) is 194 Å². The highest BCUT2D eigenvalue weighted by Gasteiger charge is 2.39. The average molecular weight is 856 g/mol. The first kappa shape index (κ1) is 52.8. The number of hydrogen-bond donors (Lipinski definition) is 4. The van der Waals surface area contributed by atoms with Crippen LogP contribution in [0, 0.1) is 25.7 Å². The van der Waals surface area contributed by atoms with Crippen LogP contribution >= 0.6 is 7.82 Å². The van der Waals surface area contributed by atoms with E-state index in [9.17, 15) is 34.1 Å². The number of Topliss-reactive ketones (excluding diaryl/α,β-unsaturated/α-hetero) is 1. The number of ketones is 1. The minimum atomic E-state index is -4.45. The Hall–Kier alpha value is -2.38. The number of phosphoric acid groups is 1. The topological polar surface area (TPSA) is 205 Å². The van der Waals surface area contributed by atoms with E-state index in [1.807, 2.05) is 6.08 Å². The van der Waals surface area contributed by atoms with Crippen LogP contribution < -0.4 is 5.73 Å². The summed E-state index contributed by atoms with van der Waals surface area (Å²) in [4.78, 5) is 47.8. The highest BCUT2D eigenvalue weighted by molar-refractivity contribution is 7.47. The number of aryl methyl sites for hydroxylation is 2. The Bertz CT molecular complexity index is 1410. The molecule has 1 aliphatic rings. The molecule has 0 aromatic carbocycles. The monoisotopic (exact) mass is 856 g/mol. The lowest BCUT2D eigenvalue weighted by Gasteiger charge is -2.20. The minimum Gasteiger partial charge on any atom is -0.466 e. The van der Waals surface area contributed by atoms with E-state index in [1.54, 1.807) is 6.08 Å². The molecule has 6 atom stereocenters. The number of aliphatic hydroxyl groups excluding tert-OH is 2. The Kier molecular flexibility index (Phi) is 27.4. The summed E-state index contributed by atoms with van der Waals surface area (Å²) in [6, 6.07) is 0. The minimum absolute atomic E-state index is 0.0129.